The van der Waals surface area contributed by atoms with Crippen molar-refractivity contribution < 1.29 is 22.7 Å². The van der Waals surface area contributed by atoms with Gasteiger partial charge < -0.3 is 14.6 Å². The lowest BCUT2D eigenvalue weighted by Gasteiger charge is -2.22. The van der Waals surface area contributed by atoms with E-state index >= 15 is 0 Å². The minimum absolute atomic E-state index is 0.151. The third-order valence-electron chi connectivity index (χ3n) is 5.33. The molecule has 2 aromatic heterocycles. The van der Waals surface area contributed by atoms with Crippen LogP contribution in [0.1, 0.15) is 38.1 Å². The van der Waals surface area contributed by atoms with Gasteiger partial charge >= 0.3 is 12.3 Å². The number of benzene rings is 1. The normalized spacial score (nSPS) is 17.4. The standard InChI is InChI=1S/C21H22F3N7O2/c1-12(2)17-9-33-20(32)31(17)19-26-10-25-18(29-19)28-13(3)16-8-30(11-27-16)15-6-4-14(5-7-15)21(22,23)24/h4-8,10-13,17H,9H2,1-3H3,(H,25,26,28,29)/t13?,17-/m1/s1. The van der Waals surface area contributed by atoms with E-state index in [2.05, 4.69) is 25.3 Å². The molecule has 2 atom stereocenters. The molecular weight excluding hydrogens is 439 g/mol. The molecule has 9 nitrogen and oxygen atoms in total. The Morgan fingerprint density at radius 1 is 1.12 bits per heavy atom. The number of halogens is 3. The molecular formula is C21H22F3N7O2. The quantitative estimate of drug-likeness (QED) is 0.587. The maximum atomic E-state index is 12.8. The molecule has 12 heteroatoms. The van der Waals surface area contributed by atoms with Crippen molar-refractivity contribution in [3.8, 4) is 5.69 Å². The van der Waals surface area contributed by atoms with E-state index in [1.165, 1.54) is 29.7 Å². The van der Waals surface area contributed by atoms with Crippen LogP contribution < -0.4 is 10.2 Å². The lowest BCUT2D eigenvalue weighted by Crippen LogP contribution is -2.38. The number of carbonyl (C=O) groups excluding carboxylic acids is 1. The van der Waals surface area contributed by atoms with Crippen molar-refractivity contribution in [2.24, 2.45) is 5.92 Å². The fraction of sp³-hybridized carbons (Fsp3) is 0.381. The van der Waals surface area contributed by atoms with Gasteiger partial charge in [-0.3, -0.25) is 0 Å². The predicted octanol–water partition coefficient (Wildman–Crippen LogP) is 4.23. The van der Waals surface area contributed by atoms with E-state index in [-0.39, 0.29) is 36.5 Å². The number of hydrogen-bond acceptors (Lipinski definition) is 7. The molecule has 0 radical (unpaired) electrons. The first-order chi connectivity index (χ1) is 15.6. The summed E-state index contributed by atoms with van der Waals surface area (Å²) in [4.78, 5) is 30.5. The third kappa shape index (κ3) is 4.73. The van der Waals surface area contributed by atoms with Crippen molar-refractivity contribution in [1.82, 2.24) is 24.5 Å². The predicted molar refractivity (Wildman–Crippen MR) is 113 cm³/mol. The van der Waals surface area contributed by atoms with Gasteiger partial charge in [0.05, 0.1) is 29.7 Å². The van der Waals surface area contributed by atoms with Gasteiger partial charge in [0.2, 0.25) is 11.9 Å². The van der Waals surface area contributed by atoms with Crippen LogP contribution in [0.2, 0.25) is 0 Å². The maximum Gasteiger partial charge on any atom is 0.417 e. The fourth-order valence-electron chi connectivity index (χ4n) is 3.42. The van der Waals surface area contributed by atoms with Gasteiger partial charge in [0, 0.05) is 11.9 Å². The van der Waals surface area contributed by atoms with Crippen LogP contribution in [0, 0.1) is 5.92 Å². The number of cyclic esters (lactones) is 1. The van der Waals surface area contributed by atoms with Crippen LogP contribution in [0.25, 0.3) is 5.69 Å². The Kier molecular flexibility index (Phi) is 5.91. The van der Waals surface area contributed by atoms with E-state index in [1.807, 2.05) is 20.8 Å². The number of anilines is 2. The Hall–Kier alpha value is -3.70. The van der Waals surface area contributed by atoms with Gasteiger partial charge in [-0.1, -0.05) is 13.8 Å². The zero-order valence-electron chi connectivity index (χ0n) is 18.1. The van der Waals surface area contributed by atoms with E-state index in [0.29, 0.717) is 11.4 Å². The molecule has 3 heterocycles. The second-order valence-electron chi connectivity index (χ2n) is 7.98. The van der Waals surface area contributed by atoms with Crippen LogP contribution in [0.15, 0.2) is 43.1 Å². The van der Waals surface area contributed by atoms with Crippen molar-refractivity contribution in [3.05, 3.63) is 54.4 Å². The van der Waals surface area contributed by atoms with Crippen LogP contribution in [0.3, 0.4) is 0 Å². The minimum atomic E-state index is -4.39. The highest BCUT2D eigenvalue weighted by Gasteiger charge is 2.38. The van der Waals surface area contributed by atoms with Gasteiger partial charge in [-0.15, -0.1) is 0 Å². The monoisotopic (exact) mass is 461 g/mol. The first-order valence-corrected chi connectivity index (χ1v) is 10.3. The number of hydrogen-bond donors (Lipinski definition) is 1. The first kappa shape index (κ1) is 22.5. The summed E-state index contributed by atoms with van der Waals surface area (Å²) in [6.07, 6.45) is -0.366. The average Bonchev–Trinajstić information content (AvgIpc) is 3.41. The van der Waals surface area contributed by atoms with E-state index in [0.717, 1.165) is 12.1 Å². The number of carbonyl (C=O) groups is 1. The molecule has 1 N–H and O–H groups in total. The van der Waals surface area contributed by atoms with Gasteiger partial charge in [0.1, 0.15) is 12.9 Å². The molecule has 0 bridgehead atoms. The van der Waals surface area contributed by atoms with Gasteiger partial charge in [-0.25, -0.2) is 24.6 Å². The largest absolute Gasteiger partial charge is 0.447 e. The number of imidazole rings is 1. The highest BCUT2D eigenvalue weighted by molar-refractivity contribution is 5.88. The molecule has 33 heavy (non-hydrogen) atoms. The van der Waals surface area contributed by atoms with Crippen molar-refractivity contribution >= 4 is 18.0 Å². The Morgan fingerprint density at radius 2 is 1.85 bits per heavy atom. The zero-order valence-corrected chi connectivity index (χ0v) is 18.1. The second kappa shape index (κ2) is 8.68. The molecule has 1 amide bonds. The second-order valence-corrected chi connectivity index (χ2v) is 7.98. The van der Waals surface area contributed by atoms with Crippen LogP contribution in [0.4, 0.5) is 29.9 Å². The number of aromatic nitrogens is 5. The summed E-state index contributed by atoms with van der Waals surface area (Å²) in [7, 11) is 0. The van der Waals surface area contributed by atoms with Crippen molar-refractivity contribution in [2.45, 2.75) is 39.0 Å². The minimum Gasteiger partial charge on any atom is -0.447 e. The molecule has 0 saturated carbocycles. The van der Waals surface area contributed by atoms with Crippen LogP contribution in [-0.2, 0) is 10.9 Å². The SMILES string of the molecule is CC(Nc1ncnc(N2C(=O)OC[C@@H]2C(C)C)n1)c1cn(-c2ccc(C(F)(F)F)cc2)cn1. The fourth-order valence-corrected chi connectivity index (χ4v) is 3.42. The smallest absolute Gasteiger partial charge is 0.417 e. The number of amides is 1. The lowest BCUT2D eigenvalue weighted by molar-refractivity contribution is -0.137. The van der Waals surface area contributed by atoms with E-state index < -0.39 is 17.8 Å². The van der Waals surface area contributed by atoms with Crippen molar-refractivity contribution in [1.29, 1.82) is 0 Å². The Balaban J connectivity index is 1.48. The topological polar surface area (TPSA) is 98.1 Å². The average molecular weight is 461 g/mol. The zero-order chi connectivity index (χ0) is 23.8. The number of nitrogens with zero attached hydrogens (tertiary/aromatic N) is 6. The van der Waals surface area contributed by atoms with Crippen LogP contribution in [-0.4, -0.2) is 43.2 Å². The summed E-state index contributed by atoms with van der Waals surface area (Å²) >= 11 is 0. The molecule has 1 saturated heterocycles. The highest BCUT2D eigenvalue weighted by atomic mass is 19.4. The molecule has 3 aromatic rings. The van der Waals surface area contributed by atoms with E-state index in [4.69, 9.17) is 4.74 Å². The highest BCUT2D eigenvalue weighted by Crippen LogP contribution is 2.30. The summed E-state index contributed by atoms with van der Waals surface area (Å²) < 4.78 is 45.1. The summed E-state index contributed by atoms with van der Waals surface area (Å²) in [5, 5.41) is 3.11. The molecule has 4 rings (SSSR count). The van der Waals surface area contributed by atoms with Crippen LogP contribution in [0.5, 0.6) is 0 Å². The maximum absolute atomic E-state index is 12.8. The van der Waals surface area contributed by atoms with Crippen molar-refractivity contribution in [3.63, 3.8) is 0 Å². The van der Waals surface area contributed by atoms with Crippen LogP contribution >= 0.6 is 0 Å². The number of alkyl halides is 3. The Bertz CT molecular complexity index is 1130. The Labute approximate surface area is 187 Å². The first-order valence-electron chi connectivity index (χ1n) is 10.3. The lowest BCUT2D eigenvalue weighted by atomic mass is 10.1. The summed E-state index contributed by atoms with van der Waals surface area (Å²) in [5.74, 6) is 0.590. The molecule has 0 spiro atoms. The molecule has 1 aliphatic heterocycles. The van der Waals surface area contributed by atoms with Gasteiger partial charge in [-0.2, -0.15) is 18.2 Å². The summed E-state index contributed by atoms with van der Waals surface area (Å²) in [6.45, 7) is 6.07. The molecule has 1 aromatic carbocycles. The molecule has 1 unspecified atom stereocenters. The van der Waals surface area contributed by atoms with E-state index in [9.17, 15) is 18.0 Å². The number of ether oxygens (including phenoxy) is 1. The third-order valence-corrected chi connectivity index (χ3v) is 5.33. The molecule has 0 aliphatic carbocycles. The molecule has 1 fully saturated rings. The van der Waals surface area contributed by atoms with Gasteiger partial charge in [0.25, 0.3) is 0 Å². The van der Waals surface area contributed by atoms with Crippen molar-refractivity contribution in [2.75, 3.05) is 16.8 Å². The molecule has 1 aliphatic rings. The van der Waals surface area contributed by atoms with E-state index in [1.54, 1.807) is 10.8 Å². The Morgan fingerprint density at radius 3 is 2.52 bits per heavy atom. The molecule has 174 valence electrons. The summed E-state index contributed by atoms with van der Waals surface area (Å²) in [6, 6.07) is 4.30. The number of rotatable bonds is 6. The summed E-state index contributed by atoms with van der Waals surface area (Å²) in [5.41, 5.74) is 0.454. The van der Waals surface area contributed by atoms with Gasteiger partial charge in [-0.05, 0) is 37.1 Å². The van der Waals surface area contributed by atoms with Gasteiger partial charge in [0.15, 0.2) is 0 Å². The number of nitrogens with one attached hydrogen (secondary N) is 1.